The van der Waals surface area contributed by atoms with Crippen molar-refractivity contribution in [2.24, 2.45) is 21.8 Å². The highest BCUT2D eigenvalue weighted by Gasteiger charge is 2.60. The Balaban J connectivity index is 1.56. The number of nitrogens with zero attached hydrogens (tertiary/aromatic N) is 1. The number of carbonyl (C=O) groups excluding carboxylic acids is 1. The predicted molar refractivity (Wildman–Crippen MR) is 92.4 cm³/mol. The molecule has 2 atom stereocenters. The quantitative estimate of drug-likeness (QED) is 0.806. The molecule has 2 bridgehead atoms. The molecule has 4 heteroatoms. The predicted octanol–water partition coefficient (Wildman–Crippen LogP) is 4.10. The molecule has 120 valence electrons. The Hall–Kier alpha value is -2.10. The smallest absolute Gasteiger partial charge is 0.287 e. The highest BCUT2D eigenvalue weighted by Crippen LogP contribution is 2.63. The molecule has 1 amide bonds. The van der Waals surface area contributed by atoms with Crippen LogP contribution in [0.4, 0.5) is 0 Å². The summed E-state index contributed by atoms with van der Waals surface area (Å²) in [6, 6.07) is 9.76. The standard InChI is InChI=1S/C19H23N3O/c1-18(2)13-8-9-19(18,3)16(11-13)21-22-17(23)15-10-12-6-4-5-7-14(12)20-15/h4-7,10,13,20H,8-9,11H2,1-3H3,(H,22,23)/b21-16+/t13-,19+/m1/s1. The van der Waals surface area contributed by atoms with Gasteiger partial charge in [-0.3, -0.25) is 4.79 Å². The number of hydrogen-bond donors (Lipinski definition) is 2. The zero-order valence-corrected chi connectivity index (χ0v) is 13.9. The van der Waals surface area contributed by atoms with Crippen molar-refractivity contribution in [3.63, 3.8) is 0 Å². The van der Waals surface area contributed by atoms with E-state index in [-0.39, 0.29) is 16.7 Å². The van der Waals surface area contributed by atoms with Gasteiger partial charge in [0.15, 0.2) is 0 Å². The first-order chi connectivity index (χ1) is 10.9. The summed E-state index contributed by atoms with van der Waals surface area (Å²) in [4.78, 5) is 15.5. The van der Waals surface area contributed by atoms with Gasteiger partial charge in [-0.2, -0.15) is 5.10 Å². The Morgan fingerprint density at radius 2 is 2.09 bits per heavy atom. The molecule has 2 aliphatic carbocycles. The van der Waals surface area contributed by atoms with Crippen molar-refractivity contribution < 1.29 is 4.79 Å². The summed E-state index contributed by atoms with van der Waals surface area (Å²) >= 11 is 0. The molecule has 23 heavy (non-hydrogen) atoms. The first kappa shape index (κ1) is 14.5. The van der Waals surface area contributed by atoms with Gasteiger partial charge in [0, 0.05) is 22.0 Å². The van der Waals surface area contributed by atoms with E-state index in [4.69, 9.17) is 0 Å². The monoisotopic (exact) mass is 309 g/mol. The summed E-state index contributed by atoms with van der Waals surface area (Å²) < 4.78 is 0. The highest BCUT2D eigenvalue weighted by atomic mass is 16.2. The summed E-state index contributed by atoms with van der Waals surface area (Å²) in [5, 5.41) is 5.56. The molecule has 0 spiro atoms. The molecular formula is C19H23N3O. The Labute approximate surface area is 136 Å². The number of rotatable bonds is 2. The Kier molecular flexibility index (Phi) is 2.96. The van der Waals surface area contributed by atoms with Crippen molar-refractivity contribution in [2.45, 2.75) is 40.0 Å². The van der Waals surface area contributed by atoms with Gasteiger partial charge in [-0.1, -0.05) is 39.0 Å². The lowest BCUT2D eigenvalue weighted by atomic mass is 9.70. The number of aromatic amines is 1. The second-order valence-corrected chi connectivity index (χ2v) is 7.76. The normalized spacial score (nSPS) is 30.2. The van der Waals surface area contributed by atoms with E-state index < -0.39 is 0 Å². The molecule has 2 aliphatic rings. The second kappa shape index (κ2) is 4.70. The number of fused-ring (bicyclic) bond motifs is 3. The molecule has 4 nitrogen and oxygen atoms in total. The number of hydrazone groups is 1. The van der Waals surface area contributed by atoms with E-state index in [0.29, 0.717) is 11.6 Å². The molecule has 1 aromatic heterocycles. The minimum absolute atomic E-state index is 0.116. The lowest BCUT2D eigenvalue weighted by molar-refractivity contribution is 0.0949. The number of H-pyrrole nitrogens is 1. The van der Waals surface area contributed by atoms with Crippen LogP contribution >= 0.6 is 0 Å². The number of benzene rings is 1. The van der Waals surface area contributed by atoms with E-state index in [1.807, 2.05) is 30.3 Å². The summed E-state index contributed by atoms with van der Waals surface area (Å²) in [6.45, 7) is 6.98. The van der Waals surface area contributed by atoms with Crippen LogP contribution in [0.5, 0.6) is 0 Å². The van der Waals surface area contributed by atoms with Crippen LogP contribution < -0.4 is 5.43 Å². The number of amides is 1. The van der Waals surface area contributed by atoms with Gasteiger partial charge in [-0.25, -0.2) is 5.43 Å². The van der Waals surface area contributed by atoms with Gasteiger partial charge in [0.2, 0.25) is 0 Å². The molecule has 1 heterocycles. The van der Waals surface area contributed by atoms with Crippen LogP contribution in [0, 0.1) is 16.7 Å². The molecule has 2 N–H and O–H groups in total. The van der Waals surface area contributed by atoms with Gasteiger partial charge in [-0.15, -0.1) is 0 Å². The molecule has 0 radical (unpaired) electrons. The van der Waals surface area contributed by atoms with E-state index in [9.17, 15) is 4.79 Å². The van der Waals surface area contributed by atoms with Crippen LogP contribution in [-0.2, 0) is 0 Å². The number of carbonyl (C=O) groups is 1. The van der Waals surface area contributed by atoms with Gasteiger partial charge >= 0.3 is 0 Å². The average molecular weight is 309 g/mol. The number of hydrogen-bond acceptors (Lipinski definition) is 2. The lowest BCUT2D eigenvalue weighted by Gasteiger charge is -2.34. The Morgan fingerprint density at radius 1 is 1.30 bits per heavy atom. The maximum Gasteiger partial charge on any atom is 0.287 e. The Morgan fingerprint density at radius 3 is 2.74 bits per heavy atom. The van der Waals surface area contributed by atoms with Gasteiger partial charge < -0.3 is 4.98 Å². The van der Waals surface area contributed by atoms with Crippen molar-refractivity contribution in [3.8, 4) is 0 Å². The molecule has 0 saturated heterocycles. The van der Waals surface area contributed by atoms with Crippen LogP contribution in [0.3, 0.4) is 0 Å². The second-order valence-electron chi connectivity index (χ2n) is 7.76. The summed E-state index contributed by atoms with van der Waals surface area (Å²) in [7, 11) is 0. The molecule has 2 aromatic rings. The molecule has 2 fully saturated rings. The first-order valence-electron chi connectivity index (χ1n) is 8.37. The third-order valence-electron chi connectivity index (χ3n) is 6.58. The third kappa shape index (κ3) is 1.97. The lowest BCUT2D eigenvalue weighted by Crippen LogP contribution is -2.34. The van der Waals surface area contributed by atoms with Crippen LogP contribution in [0.2, 0.25) is 0 Å². The van der Waals surface area contributed by atoms with Crippen molar-refractivity contribution in [1.29, 1.82) is 0 Å². The van der Waals surface area contributed by atoms with Gasteiger partial charge in [-0.05, 0) is 42.7 Å². The summed E-state index contributed by atoms with van der Waals surface area (Å²) in [5.74, 6) is 0.522. The highest BCUT2D eigenvalue weighted by molar-refractivity contribution is 6.00. The third-order valence-corrected chi connectivity index (χ3v) is 6.58. The largest absolute Gasteiger partial charge is 0.350 e. The number of para-hydroxylation sites is 1. The molecule has 2 saturated carbocycles. The topological polar surface area (TPSA) is 57.2 Å². The minimum Gasteiger partial charge on any atom is -0.350 e. The fourth-order valence-corrected chi connectivity index (χ4v) is 4.47. The average Bonchev–Trinajstić information content (AvgIpc) is 3.11. The van der Waals surface area contributed by atoms with Crippen LogP contribution in [0.15, 0.2) is 35.4 Å². The molecule has 0 aliphatic heterocycles. The molecule has 0 unspecified atom stereocenters. The summed E-state index contributed by atoms with van der Waals surface area (Å²) in [6.07, 6.45) is 3.46. The molecular weight excluding hydrogens is 286 g/mol. The van der Waals surface area contributed by atoms with E-state index in [1.165, 1.54) is 12.8 Å². The maximum absolute atomic E-state index is 12.4. The van der Waals surface area contributed by atoms with Gasteiger partial charge in [0.1, 0.15) is 5.69 Å². The Bertz CT molecular complexity index is 784. The van der Waals surface area contributed by atoms with Crippen molar-refractivity contribution in [1.82, 2.24) is 10.4 Å². The summed E-state index contributed by atoms with van der Waals surface area (Å²) in [5.41, 5.74) is 5.84. The maximum atomic E-state index is 12.4. The van der Waals surface area contributed by atoms with Crippen molar-refractivity contribution in [2.75, 3.05) is 0 Å². The van der Waals surface area contributed by atoms with E-state index in [2.05, 4.69) is 36.3 Å². The minimum atomic E-state index is -0.169. The van der Waals surface area contributed by atoms with Crippen LogP contribution in [0.1, 0.15) is 50.5 Å². The number of aromatic nitrogens is 1. The first-order valence-corrected chi connectivity index (χ1v) is 8.37. The van der Waals surface area contributed by atoms with E-state index in [1.54, 1.807) is 0 Å². The van der Waals surface area contributed by atoms with E-state index >= 15 is 0 Å². The van der Waals surface area contributed by atoms with Crippen molar-refractivity contribution in [3.05, 3.63) is 36.0 Å². The van der Waals surface area contributed by atoms with Crippen molar-refractivity contribution >= 4 is 22.5 Å². The van der Waals surface area contributed by atoms with Gasteiger partial charge in [0.25, 0.3) is 5.91 Å². The fraction of sp³-hybridized carbons (Fsp3) is 0.474. The van der Waals surface area contributed by atoms with Crippen LogP contribution in [0.25, 0.3) is 10.9 Å². The molecule has 4 rings (SSSR count). The SMILES string of the molecule is CC1(C)[C@@H]2CC[C@@]1(C)/C(=N/NC(=O)c1cc3ccccc3[nH]1)C2. The van der Waals surface area contributed by atoms with Crippen LogP contribution in [-0.4, -0.2) is 16.6 Å². The zero-order chi connectivity index (χ0) is 16.2. The van der Waals surface area contributed by atoms with Gasteiger partial charge in [0.05, 0.1) is 0 Å². The number of nitrogens with one attached hydrogen (secondary N) is 2. The zero-order valence-electron chi connectivity index (χ0n) is 13.9. The fourth-order valence-electron chi connectivity index (χ4n) is 4.47. The van der Waals surface area contributed by atoms with E-state index in [0.717, 1.165) is 23.0 Å². The molecule has 1 aromatic carbocycles.